The van der Waals surface area contributed by atoms with Crippen LogP contribution in [0.15, 0.2) is 72.8 Å². The normalized spacial score (nSPS) is 10.7. The van der Waals surface area contributed by atoms with Crippen LogP contribution in [0.3, 0.4) is 0 Å². The third kappa shape index (κ3) is 3.40. The number of para-hydroxylation sites is 1. The highest BCUT2D eigenvalue weighted by molar-refractivity contribution is 5.89. The number of hydrogen-bond acceptors (Lipinski definition) is 4. The van der Waals surface area contributed by atoms with E-state index >= 15 is 0 Å². The number of nitrogens with one attached hydrogen (secondary N) is 1. The highest BCUT2D eigenvalue weighted by atomic mass is 16.5. The Kier molecular flexibility index (Phi) is 3.96. The van der Waals surface area contributed by atoms with E-state index in [2.05, 4.69) is 10.2 Å². The molecule has 0 saturated carbocycles. The zero-order chi connectivity index (χ0) is 17.1. The molecule has 0 saturated heterocycles. The molecule has 4 aromatic rings. The monoisotopic (exact) mass is 331 g/mol. The van der Waals surface area contributed by atoms with Crippen molar-refractivity contribution in [3.05, 3.63) is 78.4 Å². The van der Waals surface area contributed by atoms with Crippen LogP contribution in [0.5, 0.6) is 17.2 Å². The van der Waals surface area contributed by atoms with Gasteiger partial charge in [-0.1, -0.05) is 30.3 Å². The minimum atomic E-state index is 0.440. The van der Waals surface area contributed by atoms with Gasteiger partial charge in [0.05, 0.1) is 5.52 Å². The lowest BCUT2D eigenvalue weighted by atomic mass is 10.2. The fourth-order valence-corrected chi connectivity index (χ4v) is 2.59. The molecule has 3 N–H and O–H groups in total. The Balaban J connectivity index is 1.47. The molecule has 5 heteroatoms. The summed E-state index contributed by atoms with van der Waals surface area (Å²) in [4.78, 5) is 0. The molecular formula is C20H17N3O2. The average molecular weight is 331 g/mol. The third-order valence-corrected chi connectivity index (χ3v) is 3.85. The summed E-state index contributed by atoms with van der Waals surface area (Å²) in [7, 11) is 0. The van der Waals surface area contributed by atoms with Crippen LogP contribution in [0.1, 0.15) is 5.56 Å². The molecule has 0 amide bonds. The summed E-state index contributed by atoms with van der Waals surface area (Å²) in [6.07, 6.45) is 0. The van der Waals surface area contributed by atoms with Crippen molar-refractivity contribution in [1.82, 2.24) is 10.2 Å². The van der Waals surface area contributed by atoms with Gasteiger partial charge >= 0.3 is 0 Å². The molecule has 25 heavy (non-hydrogen) atoms. The minimum absolute atomic E-state index is 0.440. The number of nitrogens with two attached hydrogens (primary N) is 1. The average Bonchev–Trinajstić information content (AvgIpc) is 3.02. The van der Waals surface area contributed by atoms with Gasteiger partial charge < -0.3 is 15.2 Å². The lowest BCUT2D eigenvalue weighted by molar-refractivity contribution is 0.306. The van der Waals surface area contributed by atoms with E-state index in [1.165, 1.54) is 0 Å². The number of anilines is 1. The standard InChI is InChI=1S/C20H17N3O2/c21-20-18-12-16(9-10-19(18)22-23-20)24-13-14-5-4-8-17(11-14)25-15-6-2-1-3-7-15/h1-12H,13H2,(H3,21,22,23). The highest BCUT2D eigenvalue weighted by Crippen LogP contribution is 2.25. The molecule has 5 nitrogen and oxygen atoms in total. The second-order valence-electron chi connectivity index (χ2n) is 5.67. The molecule has 0 atom stereocenters. The summed E-state index contributed by atoms with van der Waals surface area (Å²) in [5.41, 5.74) is 7.74. The van der Waals surface area contributed by atoms with Crippen LogP contribution < -0.4 is 15.2 Å². The molecule has 124 valence electrons. The van der Waals surface area contributed by atoms with Gasteiger partial charge in [0.2, 0.25) is 0 Å². The van der Waals surface area contributed by atoms with Crippen molar-refractivity contribution in [3.8, 4) is 17.2 Å². The number of aromatic nitrogens is 2. The summed E-state index contributed by atoms with van der Waals surface area (Å²) in [6.45, 7) is 0.440. The largest absolute Gasteiger partial charge is 0.489 e. The topological polar surface area (TPSA) is 73.2 Å². The third-order valence-electron chi connectivity index (χ3n) is 3.85. The predicted octanol–water partition coefficient (Wildman–Crippen LogP) is 4.52. The molecular weight excluding hydrogens is 314 g/mol. The molecule has 0 bridgehead atoms. The van der Waals surface area contributed by atoms with Gasteiger partial charge in [0.25, 0.3) is 0 Å². The van der Waals surface area contributed by atoms with Crippen LogP contribution in [0, 0.1) is 0 Å². The first kappa shape index (κ1) is 15.1. The molecule has 4 rings (SSSR count). The fraction of sp³-hybridized carbons (Fsp3) is 0.0500. The van der Waals surface area contributed by atoms with E-state index in [-0.39, 0.29) is 0 Å². The summed E-state index contributed by atoms with van der Waals surface area (Å²) in [6, 6.07) is 23.2. The molecule has 1 aromatic heterocycles. The van der Waals surface area contributed by atoms with Crippen LogP contribution >= 0.6 is 0 Å². The number of ether oxygens (including phenoxy) is 2. The van der Waals surface area contributed by atoms with E-state index in [4.69, 9.17) is 15.2 Å². The van der Waals surface area contributed by atoms with E-state index in [9.17, 15) is 0 Å². The van der Waals surface area contributed by atoms with Gasteiger partial charge in [-0.2, -0.15) is 5.10 Å². The van der Waals surface area contributed by atoms with Crippen molar-refractivity contribution < 1.29 is 9.47 Å². The zero-order valence-electron chi connectivity index (χ0n) is 13.5. The van der Waals surface area contributed by atoms with Crippen molar-refractivity contribution in [1.29, 1.82) is 0 Å². The maximum absolute atomic E-state index is 5.88. The minimum Gasteiger partial charge on any atom is -0.489 e. The van der Waals surface area contributed by atoms with Crippen molar-refractivity contribution in [2.75, 3.05) is 5.73 Å². The van der Waals surface area contributed by atoms with Gasteiger partial charge in [-0.05, 0) is 48.0 Å². The summed E-state index contributed by atoms with van der Waals surface area (Å²) < 4.78 is 11.7. The number of nitrogen functional groups attached to an aromatic ring is 1. The molecule has 0 radical (unpaired) electrons. The summed E-state index contributed by atoms with van der Waals surface area (Å²) >= 11 is 0. The molecule has 1 heterocycles. The summed E-state index contributed by atoms with van der Waals surface area (Å²) in [5, 5.41) is 7.72. The van der Waals surface area contributed by atoms with Crippen molar-refractivity contribution in [3.63, 3.8) is 0 Å². The second-order valence-corrected chi connectivity index (χ2v) is 5.67. The Hall–Kier alpha value is -3.47. The quantitative estimate of drug-likeness (QED) is 0.564. The molecule has 0 aliphatic carbocycles. The molecule has 0 fully saturated rings. The van der Waals surface area contributed by atoms with Gasteiger partial charge in [0.1, 0.15) is 23.9 Å². The van der Waals surface area contributed by atoms with E-state index in [0.29, 0.717) is 12.4 Å². The number of rotatable bonds is 5. The van der Waals surface area contributed by atoms with E-state index in [1.54, 1.807) is 0 Å². The fourth-order valence-electron chi connectivity index (χ4n) is 2.59. The van der Waals surface area contributed by atoms with Crippen LogP contribution in [0.2, 0.25) is 0 Å². The predicted molar refractivity (Wildman–Crippen MR) is 97.8 cm³/mol. The van der Waals surface area contributed by atoms with Gasteiger partial charge in [-0.25, -0.2) is 0 Å². The van der Waals surface area contributed by atoms with E-state index < -0.39 is 0 Å². The molecule has 3 aromatic carbocycles. The van der Waals surface area contributed by atoms with E-state index in [1.807, 2.05) is 72.8 Å². The number of hydrogen-bond donors (Lipinski definition) is 2. The SMILES string of the molecule is Nc1n[nH]c2ccc(OCc3cccc(Oc4ccccc4)c3)cc12. The van der Waals surface area contributed by atoms with Gasteiger partial charge in [-0.15, -0.1) is 0 Å². The van der Waals surface area contributed by atoms with Crippen LogP contribution in [-0.4, -0.2) is 10.2 Å². The maximum Gasteiger partial charge on any atom is 0.153 e. The first-order valence-corrected chi connectivity index (χ1v) is 7.96. The number of fused-ring (bicyclic) bond motifs is 1. The van der Waals surface area contributed by atoms with Gasteiger partial charge in [0, 0.05) is 5.39 Å². The molecule has 0 spiro atoms. The lowest BCUT2D eigenvalue weighted by Gasteiger charge is -2.09. The Morgan fingerprint density at radius 3 is 2.56 bits per heavy atom. The molecule has 0 aliphatic rings. The Bertz CT molecular complexity index is 996. The van der Waals surface area contributed by atoms with Crippen LogP contribution in [-0.2, 0) is 6.61 Å². The lowest BCUT2D eigenvalue weighted by Crippen LogP contribution is -1.96. The smallest absolute Gasteiger partial charge is 0.153 e. The van der Waals surface area contributed by atoms with Crippen LogP contribution in [0.4, 0.5) is 5.82 Å². The number of aromatic amines is 1. The van der Waals surface area contributed by atoms with Crippen molar-refractivity contribution >= 4 is 16.7 Å². The summed E-state index contributed by atoms with van der Waals surface area (Å²) in [5.74, 6) is 2.80. The number of nitrogens with zero attached hydrogens (tertiary/aromatic N) is 1. The first-order chi connectivity index (χ1) is 12.3. The Labute approximate surface area is 145 Å². The Morgan fingerprint density at radius 2 is 1.68 bits per heavy atom. The maximum atomic E-state index is 5.88. The van der Waals surface area contributed by atoms with E-state index in [0.717, 1.165) is 33.7 Å². The first-order valence-electron chi connectivity index (χ1n) is 7.96. The van der Waals surface area contributed by atoms with Crippen LogP contribution in [0.25, 0.3) is 10.9 Å². The number of benzene rings is 3. The Morgan fingerprint density at radius 1 is 0.840 bits per heavy atom. The second kappa shape index (κ2) is 6.57. The zero-order valence-corrected chi connectivity index (χ0v) is 13.5. The van der Waals surface area contributed by atoms with Gasteiger partial charge in [-0.3, -0.25) is 5.10 Å². The molecule has 0 unspecified atom stereocenters. The van der Waals surface area contributed by atoms with Crippen molar-refractivity contribution in [2.45, 2.75) is 6.61 Å². The molecule has 0 aliphatic heterocycles. The number of H-pyrrole nitrogens is 1. The highest BCUT2D eigenvalue weighted by Gasteiger charge is 2.05. The van der Waals surface area contributed by atoms with Crippen molar-refractivity contribution in [2.24, 2.45) is 0 Å². The van der Waals surface area contributed by atoms with Gasteiger partial charge in [0.15, 0.2) is 5.82 Å².